The second-order valence-electron chi connectivity index (χ2n) is 6.09. The van der Waals surface area contributed by atoms with Crippen LogP contribution in [0.25, 0.3) is 0 Å². The molecule has 0 saturated heterocycles. The molecule has 0 fully saturated rings. The minimum absolute atomic E-state index is 0.000781. The Labute approximate surface area is 173 Å². The SMILES string of the molecule is COc1cc(COC(=O)c2ccc(OC)c(S(=O)(=O)N(C)C)c2)ccc1OC(F)F. The third kappa shape index (κ3) is 5.36. The molecule has 0 aliphatic carbocycles. The molecule has 0 bridgehead atoms. The summed E-state index contributed by atoms with van der Waals surface area (Å²) in [7, 11) is 1.46. The molecule has 0 aliphatic heterocycles. The molecule has 0 aliphatic rings. The van der Waals surface area contributed by atoms with E-state index in [1.807, 2.05) is 0 Å². The van der Waals surface area contributed by atoms with E-state index in [1.54, 1.807) is 0 Å². The Morgan fingerprint density at radius 2 is 1.63 bits per heavy atom. The largest absolute Gasteiger partial charge is 0.495 e. The van der Waals surface area contributed by atoms with Crippen molar-refractivity contribution in [3.63, 3.8) is 0 Å². The number of esters is 1. The van der Waals surface area contributed by atoms with Gasteiger partial charge < -0.3 is 18.9 Å². The maximum Gasteiger partial charge on any atom is 0.387 e. The number of hydrogen-bond acceptors (Lipinski definition) is 7. The standard InChI is InChI=1S/C19H21F2NO7S/c1-22(2)30(24,25)17-10-13(6-8-15(17)26-3)18(23)28-11-12-5-7-14(29-19(20)21)16(9-12)27-4/h5-10,19H,11H2,1-4H3. The Balaban J connectivity index is 2.21. The number of rotatable bonds is 9. The van der Waals surface area contributed by atoms with Crippen LogP contribution in [0.15, 0.2) is 41.3 Å². The first kappa shape index (κ1) is 23.4. The van der Waals surface area contributed by atoms with Crippen LogP contribution in [-0.4, -0.2) is 53.6 Å². The number of sulfonamides is 1. The Hall–Kier alpha value is -2.92. The molecule has 0 spiro atoms. The molecule has 11 heteroatoms. The van der Waals surface area contributed by atoms with Gasteiger partial charge in [0.1, 0.15) is 17.3 Å². The molecular weight excluding hydrogens is 424 g/mol. The molecule has 2 aromatic carbocycles. The summed E-state index contributed by atoms with van der Waals surface area (Å²) in [6, 6.07) is 7.98. The lowest BCUT2D eigenvalue weighted by Crippen LogP contribution is -2.23. The molecule has 0 N–H and O–H groups in total. The smallest absolute Gasteiger partial charge is 0.387 e. The summed E-state index contributed by atoms with van der Waals surface area (Å²) < 4.78 is 70.3. The number of halogens is 2. The van der Waals surface area contributed by atoms with Gasteiger partial charge in [-0.2, -0.15) is 8.78 Å². The lowest BCUT2D eigenvalue weighted by Gasteiger charge is -2.15. The predicted molar refractivity (Wildman–Crippen MR) is 103 cm³/mol. The number of alkyl halides is 2. The van der Waals surface area contributed by atoms with Gasteiger partial charge >= 0.3 is 12.6 Å². The monoisotopic (exact) mass is 445 g/mol. The quantitative estimate of drug-likeness (QED) is 0.548. The third-order valence-electron chi connectivity index (χ3n) is 3.97. The number of benzene rings is 2. The van der Waals surface area contributed by atoms with Gasteiger partial charge in [-0.05, 0) is 35.9 Å². The summed E-state index contributed by atoms with van der Waals surface area (Å²) in [6.07, 6.45) is 0. The zero-order valence-corrected chi connectivity index (χ0v) is 17.5. The summed E-state index contributed by atoms with van der Waals surface area (Å²) >= 11 is 0. The first-order chi connectivity index (χ1) is 14.1. The van der Waals surface area contributed by atoms with E-state index in [0.717, 1.165) is 10.4 Å². The van der Waals surface area contributed by atoms with Crippen molar-refractivity contribution in [1.82, 2.24) is 4.31 Å². The van der Waals surface area contributed by atoms with Crippen LogP contribution in [0.1, 0.15) is 15.9 Å². The van der Waals surface area contributed by atoms with E-state index in [4.69, 9.17) is 14.2 Å². The summed E-state index contributed by atoms with van der Waals surface area (Å²) in [5.41, 5.74) is 0.456. The Morgan fingerprint density at radius 1 is 1.00 bits per heavy atom. The highest BCUT2D eigenvalue weighted by Gasteiger charge is 2.24. The highest BCUT2D eigenvalue weighted by atomic mass is 32.2. The second-order valence-corrected chi connectivity index (χ2v) is 8.21. The summed E-state index contributed by atoms with van der Waals surface area (Å²) in [6.45, 7) is -3.21. The van der Waals surface area contributed by atoms with Crippen molar-refractivity contribution in [2.45, 2.75) is 18.1 Å². The average molecular weight is 445 g/mol. The van der Waals surface area contributed by atoms with Crippen molar-refractivity contribution in [2.75, 3.05) is 28.3 Å². The van der Waals surface area contributed by atoms with Crippen molar-refractivity contribution in [2.24, 2.45) is 0 Å². The molecule has 0 radical (unpaired) electrons. The summed E-state index contributed by atoms with van der Waals surface area (Å²) in [5, 5.41) is 0. The molecule has 0 amide bonds. The second kappa shape index (κ2) is 9.72. The van der Waals surface area contributed by atoms with Crippen LogP contribution in [0, 0.1) is 0 Å². The van der Waals surface area contributed by atoms with Gasteiger partial charge in [0, 0.05) is 14.1 Å². The molecule has 0 saturated carbocycles. The van der Waals surface area contributed by atoms with Crippen LogP contribution in [0.5, 0.6) is 17.2 Å². The molecule has 0 unspecified atom stereocenters. The number of ether oxygens (including phenoxy) is 4. The van der Waals surface area contributed by atoms with Gasteiger partial charge in [0.25, 0.3) is 0 Å². The normalized spacial score (nSPS) is 11.5. The van der Waals surface area contributed by atoms with Crippen molar-refractivity contribution >= 4 is 16.0 Å². The van der Waals surface area contributed by atoms with E-state index in [1.165, 1.54) is 58.6 Å². The van der Waals surface area contributed by atoms with Crippen molar-refractivity contribution in [3.8, 4) is 17.2 Å². The van der Waals surface area contributed by atoms with Crippen LogP contribution >= 0.6 is 0 Å². The first-order valence-electron chi connectivity index (χ1n) is 8.49. The van der Waals surface area contributed by atoms with Crippen molar-refractivity contribution < 1.29 is 40.9 Å². The van der Waals surface area contributed by atoms with Gasteiger partial charge in [-0.1, -0.05) is 6.07 Å². The van der Waals surface area contributed by atoms with Crippen LogP contribution in [0.2, 0.25) is 0 Å². The fraction of sp³-hybridized carbons (Fsp3) is 0.316. The highest BCUT2D eigenvalue weighted by molar-refractivity contribution is 7.89. The molecule has 30 heavy (non-hydrogen) atoms. The average Bonchev–Trinajstić information content (AvgIpc) is 2.71. The molecule has 8 nitrogen and oxygen atoms in total. The maximum atomic E-state index is 12.5. The van der Waals surface area contributed by atoms with E-state index in [9.17, 15) is 22.0 Å². The van der Waals surface area contributed by atoms with Gasteiger partial charge in [0.2, 0.25) is 10.0 Å². The van der Waals surface area contributed by atoms with E-state index in [2.05, 4.69) is 4.74 Å². The molecule has 0 heterocycles. The van der Waals surface area contributed by atoms with Crippen LogP contribution in [-0.2, 0) is 21.4 Å². The van der Waals surface area contributed by atoms with E-state index >= 15 is 0 Å². The zero-order valence-electron chi connectivity index (χ0n) is 16.7. The van der Waals surface area contributed by atoms with Gasteiger partial charge in [0.15, 0.2) is 11.5 Å². The van der Waals surface area contributed by atoms with Gasteiger partial charge in [0.05, 0.1) is 19.8 Å². The zero-order chi connectivity index (χ0) is 22.5. The minimum atomic E-state index is -3.86. The minimum Gasteiger partial charge on any atom is -0.495 e. The molecule has 2 aromatic rings. The first-order valence-corrected chi connectivity index (χ1v) is 9.93. The highest BCUT2D eigenvalue weighted by Crippen LogP contribution is 2.30. The fourth-order valence-electron chi connectivity index (χ4n) is 2.43. The lowest BCUT2D eigenvalue weighted by molar-refractivity contribution is -0.0512. The van der Waals surface area contributed by atoms with E-state index in [-0.39, 0.29) is 34.3 Å². The number of hydrogen-bond donors (Lipinski definition) is 0. The van der Waals surface area contributed by atoms with Gasteiger partial charge in [-0.3, -0.25) is 0 Å². The number of carbonyl (C=O) groups excluding carboxylic acids is 1. The van der Waals surface area contributed by atoms with Crippen LogP contribution < -0.4 is 14.2 Å². The van der Waals surface area contributed by atoms with E-state index < -0.39 is 22.6 Å². The molecule has 164 valence electrons. The van der Waals surface area contributed by atoms with Gasteiger partial charge in [-0.25, -0.2) is 17.5 Å². The Morgan fingerprint density at radius 3 is 2.20 bits per heavy atom. The lowest BCUT2D eigenvalue weighted by atomic mass is 10.2. The Kier molecular flexibility index (Phi) is 7.57. The predicted octanol–water partition coefficient (Wildman–Crippen LogP) is 2.91. The molecule has 0 aromatic heterocycles. The number of carbonyl (C=O) groups is 1. The molecule has 2 rings (SSSR count). The van der Waals surface area contributed by atoms with Crippen molar-refractivity contribution in [3.05, 3.63) is 47.5 Å². The van der Waals surface area contributed by atoms with Gasteiger partial charge in [-0.15, -0.1) is 0 Å². The fourth-order valence-corrected chi connectivity index (χ4v) is 3.50. The van der Waals surface area contributed by atoms with Crippen molar-refractivity contribution in [1.29, 1.82) is 0 Å². The van der Waals surface area contributed by atoms with Crippen LogP contribution in [0.4, 0.5) is 8.78 Å². The van der Waals surface area contributed by atoms with Crippen LogP contribution in [0.3, 0.4) is 0 Å². The maximum absolute atomic E-state index is 12.5. The number of nitrogens with zero attached hydrogens (tertiary/aromatic N) is 1. The summed E-state index contributed by atoms with van der Waals surface area (Å²) in [4.78, 5) is 12.2. The third-order valence-corrected chi connectivity index (χ3v) is 5.81. The number of methoxy groups -OCH3 is 2. The van der Waals surface area contributed by atoms with E-state index in [0.29, 0.717) is 5.56 Å². The Bertz CT molecular complexity index is 1010. The topological polar surface area (TPSA) is 91.4 Å². The summed E-state index contributed by atoms with van der Waals surface area (Å²) in [5.74, 6) is -0.803. The molecule has 0 atom stereocenters. The molecular formula is C19H21F2NO7S.